The number of hydrogen-bond donors (Lipinski definition) is 1. The van der Waals surface area contributed by atoms with Crippen LogP contribution in [0.25, 0.3) is 0 Å². The lowest BCUT2D eigenvalue weighted by atomic mass is 10.1. The molecule has 0 spiro atoms. The fourth-order valence-corrected chi connectivity index (χ4v) is 6.61. The first kappa shape index (κ1) is 33.9. The number of ether oxygens (including phenoxy) is 2. The highest BCUT2D eigenvalue weighted by Gasteiger charge is 2.34. The van der Waals surface area contributed by atoms with E-state index in [1.54, 1.807) is 49.6 Å². The highest BCUT2D eigenvalue weighted by atomic mass is 79.9. The van der Waals surface area contributed by atoms with Crippen molar-refractivity contribution in [1.82, 2.24) is 10.2 Å². The van der Waals surface area contributed by atoms with Gasteiger partial charge in [0.1, 0.15) is 24.1 Å². The number of anilines is 1. The second-order valence-electron chi connectivity index (χ2n) is 11.2. The molecule has 43 heavy (non-hydrogen) atoms. The fourth-order valence-electron chi connectivity index (χ4n) is 4.47. The Morgan fingerprint density at radius 3 is 2.09 bits per heavy atom. The lowest BCUT2D eigenvalue weighted by Gasteiger charge is -2.34. The summed E-state index contributed by atoms with van der Waals surface area (Å²) in [4.78, 5) is 29.1. The van der Waals surface area contributed by atoms with E-state index in [2.05, 4.69) is 21.2 Å². The average molecular weight is 675 g/mol. The molecule has 2 amide bonds. The number of halogens is 1. The predicted octanol–water partition coefficient (Wildman–Crippen LogP) is 5.69. The number of amides is 2. The summed E-state index contributed by atoms with van der Waals surface area (Å²) in [6, 6.07) is 17.7. The molecule has 1 atom stereocenters. The van der Waals surface area contributed by atoms with Crippen molar-refractivity contribution in [2.75, 3.05) is 25.1 Å². The Morgan fingerprint density at radius 2 is 1.58 bits per heavy atom. The van der Waals surface area contributed by atoms with Gasteiger partial charge >= 0.3 is 0 Å². The largest absolute Gasteiger partial charge is 0.497 e. The van der Waals surface area contributed by atoms with Gasteiger partial charge in [-0.25, -0.2) is 8.42 Å². The monoisotopic (exact) mass is 673 g/mol. The summed E-state index contributed by atoms with van der Waals surface area (Å²) in [7, 11) is -1.17. The molecule has 0 radical (unpaired) electrons. The fraction of sp³-hybridized carbons (Fsp3) is 0.375. The molecule has 0 fully saturated rings. The summed E-state index contributed by atoms with van der Waals surface area (Å²) >= 11 is 3.37. The first-order chi connectivity index (χ1) is 20.2. The lowest BCUT2D eigenvalue weighted by Crippen LogP contribution is -2.55. The number of rotatable bonds is 12. The number of benzene rings is 3. The zero-order chi connectivity index (χ0) is 31.9. The van der Waals surface area contributed by atoms with E-state index in [1.165, 1.54) is 24.1 Å². The zero-order valence-electron chi connectivity index (χ0n) is 25.7. The van der Waals surface area contributed by atoms with Gasteiger partial charge in [-0.2, -0.15) is 0 Å². The lowest BCUT2D eigenvalue weighted by molar-refractivity contribution is -0.141. The third kappa shape index (κ3) is 8.73. The number of sulfonamides is 1. The second kappa shape index (κ2) is 14.3. The Kier molecular flexibility index (Phi) is 11.3. The van der Waals surface area contributed by atoms with Crippen molar-refractivity contribution >= 4 is 43.5 Å². The summed E-state index contributed by atoms with van der Waals surface area (Å²) < 4.78 is 40.3. The smallest absolute Gasteiger partial charge is 0.264 e. The number of nitrogens with one attached hydrogen (secondary N) is 1. The van der Waals surface area contributed by atoms with Crippen LogP contribution < -0.4 is 19.1 Å². The zero-order valence-corrected chi connectivity index (χ0v) is 28.1. The van der Waals surface area contributed by atoms with Gasteiger partial charge in [-0.3, -0.25) is 13.9 Å². The molecule has 232 valence electrons. The summed E-state index contributed by atoms with van der Waals surface area (Å²) in [5, 5.41) is 2.97. The molecule has 3 aromatic carbocycles. The van der Waals surface area contributed by atoms with Crippen molar-refractivity contribution < 1.29 is 27.5 Å². The van der Waals surface area contributed by atoms with Crippen LogP contribution in [-0.4, -0.2) is 57.5 Å². The van der Waals surface area contributed by atoms with Crippen molar-refractivity contribution in [3.8, 4) is 11.5 Å². The van der Waals surface area contributed by atoms with E-state index in [4.69, 9.17) is 9.47 Å². The van der Waals surface area contributed by atoms with Crippen LogP contribution in [0.15, 0.2) is 76.1 Å². The molecule has 0 heterocycles. The summed E-state index contributed by atoms with van der Waals surface area (Å²) in [6.07, 6.45) is 0.326. The predicted molar refractivity (Wildman–Crippen MR) is 172 cm³/mol. The third-order valence-electron chi connectivity index (χ3n) is 6.71. The maximum absolute atomic E-state index is 14.2. The number of carbonyl (C=O) groups excluding carboxylic acids is 2. The standard InChI is InChI=1S/C32H40BrN3O6S/c1-8-28(31(38)34-32(3,4)5)35(20-23-11-15-25(41-6)16-12-23)30(37)21-36(24-13-9-22(2)10-14-24)43(39,40)26-17-18-29(42-7)27(33)19-26/h9-19,28H,8,20-21H2,1-7H3,(H,34,38)/t28-/m1/s1. The normalized spacial score (nSPS) is 12.3. The average Bonchev–Trinajstić information content (AvgIpc) is 2.95. The van der Waals surface area contributed by atoms with Crippen molar-refractivity contribution in [3.63, 3.8) is 0 Å². The minimum Gasteiger partial charge on any atom is -0.497 e. The van der Waals surface area contributed by atoms with Gasteiger partial charge in [-0.15, -0.1) is 0 Å². The van der Waals surface area contributed by atoms with E-state index in [0.29, 0.717) is 28.1 Å². The van der Waals surface area contributed by atoms with Crippen LogP contribution in [-0.2, 0) is 26.2 Å². The van der Waals surface area contributed by atoms with Crippen LogP contribution in [0.5, 0.6) is 11.5 Å². The summed E-state index contributed by atoms with van der Waals surface area (Å²) in [6.45, 7) is 8.89. The minimum atomic E-state index is -4.22. The van der Waals surface area contributed by atoms with Gasteiger partial charge in [0, 0.05) is 12.1 Å². The highest BCUT2D eigenvalue weighted by molar-refractivity contribution is 9.10. The van der Waals surface area contributed by atoms with E-state index < -0.39 is 34.1 Å². The first-order valence-electron chi connectivity index (χ1n) is 13.9. The van der Waals surface area contributed by atoms with Crippen LogP contribution >= 0.6 is 15.9 Å². The van der Waals surface area contributed by atoms with Crippen LogP contribution in [0.3, 0.4) is 0 Å². The van der Waals surface area contributed by atoms with Gasteiger partial charge in [0.05, 0.1) is 29.3 Å². The van der Waals surface area contributed by atoms with Crippen molar-refractivity contribution in [3.05, 3.63) is 82.3 Å². The van der Waals surface area contributed by atoms with Crippen molar-refractivity contribution in [2.45, 2.75) is 64.1 Å². The van der Waals surface area contributed by atoms with Crippen LogP contribution in [0.2, 0.25) is 0 Å². The van der Waals surface area contributed by atoms with Gasteiger partial charge in [0.15, 0.2) is 0 Å². The van der Waals surface area contributed by atoms with Crippen molar-refractivity contribution in [1.29, 1.82) is 0 Å². The molecule has 3 rings (SSSR count). The Hall–Kier alpha value is -3.57. The first-order valence-corrected chi connectivity index (χ1v) is 16.1. The quantitative estimate of drug-likeness (QED) is 0.265. The van der Waals surface area contributed by atoms with Gasteiger partial charge in [0.25, 0.3) is 10.0 Å². The summed E-state index contributed by atoms with van der Waals surface area (Å²) in [5.41, 5.74) is 1.49. The van der Waals surface area contributed by atoms with E-state index in [9.17, 15) is 18.0 Å². The molecule has 3 aromatic rings. The molecular formula is C32H40BrN3O6S. The third-order valence-corrected chi connectivity index (χ3v) is 9.10. The Morgan fingerprint density at radius 1 is 0.953 bits per heavy atom. The van der Waals surface area contributed by atoms with Gasteiger partial charge in [-0.05, 0) is 98.1 Å². The van der Waals surface area contributed by atoms with Crippen LogP contribution in [0, 0.1) is 6.92 Å². The Bertz CT molecular complexity index is 1520. The van der Waals surface area contributed by atoms with E-state index in [-0.39, 0.29) is 17.3 Å². The molecule has 1 N–H and O–H groups in total. The van der Waals surface area contributed by atoms with E-state index in [1.807, 2.05) is 46.8 Å². The minimum absolute atomic E-state index is 0.0206. The SMILES string of the molecule is CC[C@H](C(=O)NC(C)(C)C)N(Cc1ccc(OC)cc1)C(=O)CN(c1ccc(C)cc1)S(=O)(=O)c1ccc(OC)c(Br)c1. The van der Waals surface area contributed by atoms with E-state index >= 15 is 0 Å². The molecule has 11 heteroatoms. The number of hydrogen-bond acceptors (Lipinski definition) is 6. The van der Waals surface area contributed by atoms with E-state index in [0.717, 1.165) is 15.4 Å². The Labute approximate surface area is 263 Å². The molecule has 0 aliphatic heterocycles. The number of methoxy groups -OCH3 is 2. The van der Waals surface area contributed by atoms with Crippen LogP contribution in [0.1, 0.15) is 45.2 Å². The molecule has 0 aliphatic rings. The topological polar surface area (TPSA) is 105 Å². The Balaban J connectivity index is 2.09. The number of aryl methyl sites for hydroxylation is 1. The van der Waals surface area contributed by atoms with Gasteiger partial charge in [0.2, 0.25) is 11.8 Å². The molecule has 0 unspecified atom stereocenters. The molecule has 0 saturated carbocycles. The molecular weight excluding hydrogens is 634 g/mol. The highest BCUT2D eigenvalue weighted by Crippen LogP contribution is 2.31. The van der Waals surface area contributed by atoms with Gasteiger partial charge in [-0.1, -0.05) is 36.8 Å². The number of nitrogens with zero attached hydrogens (tertiary/aromatic N) is 2. The van der Waals surface area contributed by atoms with Gasteiger partial charge < -0.3 is 19.7 Å². The molecule has 0 aliphatic carbocycles. The molecule has 0 bridgehead atoms. The molecule has 9 nitrogen and oxygen atoms in total. The second-order valence-corrected chi connectivity index (χ2v) is 13.9. The maximum Gasteiger partial charge on any atom is 0.264 e. The van der Waals surface area contributed by atoms with Crippen molar-refractivity contribution in [2.24, 2.45) is 0 Å². The molecule has 0 aromatic heterocycles. The van der Waals surface area contributed by atoms with Crippen LogP contribution in [0.4, 0.5) is 5.69 Å². The maximum atomic E-state index is 14.2. The number of carbonyl (C=O) groups is 2. The summed E-state index contributed by atoms with van der Waals surface area (Å²) in [5.74, 6) is 0.281. The molecule has 0 saturated heterocycles.